The first-order valence-corrected chi connectivity index (χ1v) is 5.86. The molecule has 1 unspecified atom stereocenters. The predicted molar refractivity (Wildman–Crippen MR) is 62.5 cm³/mol. The third kappa shape index (κ3) is 2.06. The Morgan fingerprint density at radius 3 is 2.88 bits per heavy atom. The highest BCUT2D eigenvalue weighted by Gasteiger charge is 2.28. The van der Waals surface area contributed by atoms with Crippen molar-refractivity contribution in [2.24, 2.45) is 5.92 Å². The van der Waals surface area contributed by atoms with E-state index >= 15 is 0 Å². The summed E-state index contributed by atoms with van der Waals surface area (Å²) in [7, 11) is 0. The highest BCUT2D eigenvalue weighted by Crippen LogP contribution is 2.27. The lowest BCUT2D eigenvalue weighted by atomic mass is 9.80. The Labute approximate surface area is 95.7 Å². The van der Waals surface area contributed by atoms with Crippen LogP contribution in [0.5, 0.6) is 0 Å². The Bertz CT molecular complexity index is 420. The molecule has 1 aromatic carbocycles. The Morgan fingerprint density at radius 1 is 1.38 bits per heavy atom. The Hall–Kier alpha value is -1.44. The molecule has 2 nitrogen and oxygen atoms in total. The summed E-state index contributed by atoms with van der Waals surface area (Å²) < 4.78 is 0. The van der Waals surface area contributed by atoms with Crippen molar-refractivity contribution in [3.63, 3.8) is 0 Å². The number of benzene rings is 1. The minimum absolute atomic E-state index is 0.0812. The van der Waals surface area contributed by atoms with Crippen LogP contribution < -0.4 is 0 Å². The smallest absolute Gasteiger partial charge is 0.166 e. The van der Waals surface area contributed by atoms with E-state index in [-0.39, 0.29) is 17.5 Å². The van der Waals surface area contributed by atoms with Crippen LogP contribution in [0.25, 0.3) is 0 Å². The number of carbonyl (C=O) groups excluding carboxylic acids is 2. The topological polar surface area (TPSA) is 34.1 Å². The number of hydrogen-bond donors (Lipinski definition) is 0. The molecule has 0 spiro atoms. The maximum atomic E-state index is 12.1. The number of hydrogen-bond acceptors (Lipinski definition) is 2. The van der Waals surface area contributed by atoms with E-state index in [2.05, 4.69) is 0 Å². The molecule has 0 aromatic heterocycles. The summed E-state index contributed by atoms with van der Waals surface area (Å²) in [5.74, 6) is 0.267. The highest BCUT2D eigenvalue weighted by molar-refractivity contribution is 6.02. The van der Waals surface area contributed by atoms with Gasteiger partial charge in [-0.1, -0.05) is 31.2 Å². The summed E-state index contributed by atoms with van der Waals surface area (Å²) in [6, 6.07) is 7.73. The van der Waals surface area contributed by atoms with Crippen molar-refractivity contribution in [2.75, 3.05) is 0 Å². The van der Waals surface area contributed by atoms with E-state index in [1.54, 1.807) is 0 Å². The van der Waals surface area contributed by atoms with Gasteiger partial charge in [-0.25, -0.2) is 0 Å². The maximum Gasteiger partial charge on any atom is 0.166 e. The fraction of sp³-hybridized carbons (Fsp3) is 0.429. The molecular formula is C14H16O2. The second-order valence-electron chi connectivity index (χ2n) is 4.35. The molecule has 0 fully saturated rings. The number of ketones is 2. The second kappa shape index (κ2) is 4.60. The lowest BCUT2D eigenvalue weighted by molar-refractivity contribution is -0.119. The molecule has 0 amide bonds. The lowest BCUT2D eigenvalue weighted by Gasteiger charge is -2.22. The van der Waals surface area contributed by atoms with Gasteiger partial charge in [-0.2, -0.15) is 0 Å². The normalized spacial score (nSPS) is 19.3. The third-order valence-corrected chi connectivity index (χ3v) is 3.28. The van der Waals surface area contributed by atoms with E-state index in [0.29, 0.717) is 12.8 Å². The van der Waals surface area contributed by atoms with Crippen molar-refractivity contribution in [3.8, 4) is 0 Å². The Morgan fingerprint density at radius 2 is 2.12 bits per heavy atom. The molecule has 1 aliphatic carbocycles. The molecule has 1 atom stereocenters. The van der Waals surface area contributed by atoms with E-state index in [4.69, 9.17) is 0 Å². The Balaban J connectivity index is 2.18. The highest BCUT2D eigenvalue weighted by atomic mass is 16.1. The monoisotopic (exact) mass is 216 g/mol. The van der Waals surface area contributed by atoms with Gasteiger partial charge in [0.15, 0.2) is 5.78 Å². The zero-order chi connectivity index (χ0) is 11.5. The van der Waals surface area contributed by atoms with Gasteiger partial charge < -0.3 is 0 Å². The molecule has 84 valence electrons. The number of rotatable bonds is 3. The van der Waals surface area contributed by atoms with Crippen LogP contribution in [0.2, 0.25) is 0 Å². The van der Waals surface area contributed by atoms with Gasteiger partial charge in [0.25, 0.3) is 0 Å². The summed E-state index contributed by atoms with van der Waals surface area (Å²) in [4.78, 5) is 23.5. The van der Waals surface area contributed by atoms with Gasteiger partial charge in [0.2, 0.25) is 0 Å². The molecule has 1 aliphatic rings. The van der Waals surface area contributed by atoms with E-state index in [0.717, 1.165) is 24.0 Å². The molecule has 0 N–H and O–H groups in total. The molecule has 2 rings (SSSR count). The van der Waals surface area contributed by atoms with Crippen molar-refractivity contribution in [3.05, 3.63) is 35.4 Å². The van der Waals surface area contributed by atoms with Crippen molar-refractivity contribution >= 4 is 11.6 Å². The van der Waals surface area contributed by atoms with Crippen LogP contribution in [0, 0.1) is 5.92 Å². The third-order valence-electron chi connectivity index (χ3n) is 3.28. The van der Waals surface area contributed by atoms with Crippen molar-refractivity contribution in [1.82, 2.24) is 0 Å². The first-order valence-electron chi connectivity index (χ1n) is 5.86. The second-order valence-corrected chi connectivity index (χ2v) is 4.35. The molecule has 0 bridgehead atoms. The molecule has 16 heavy (non-hydrogen) atoms. The SMILES string of the molecule is CCC(=O)CC1CCc2ccccc2C1=O. The average Bonchev–Trinajstić information content (AvgIpc) is 2.33. The van der Waals surface area contributed by atoms with Crippen molar-refractivity contribution < 1.29 is 9.59 Å². The van der Waals surface area contributed by atoms with Crippen molar-refractivity contribution in [1.29, 1.82) is 0 Å². The molecule has 1 aromatic rings. The van der Waals surface area contributed by atoms with Crippen molar-refractivity contribution in [2.45, 2.75) is 32.6 Å². The first-order chi connectivity index (χ1) is 7.72. The summed E-state index contributed by atoms with van der Waals surface area (Å²) in [6.07, 6.45) is 2.69. The molecule has 0 radical (unpaired) electrons. The first kappa shape index (κ1) is 11.1. The fourth-order valence-electron chi connectivity index (χ4n) is 2.27. The van der Waals surface area contributed by atoms with Gasteiger partial charge in [0, 0.05) is 24.3 Å². The zero-order valence-corrected chi connectivity index (χ0v) is 9.53. The predicted octanol–water partition coefficient (Wildman–Crippen LogP) is 2.80. The number of fused-ring (bicyclic) bond motifs is 1. The van der Waals surface area contributed by atoms with Gasteiger partial charge in [-0.3, -0.25) is 9.59 Å². The summed E-state index contributed by atoms with van der Waals surface area (Å²) in [6.45, 7) is 1.85. The van der Waals surface area contributed by atoms with Gasteiger partial charge in [-0.05, 0) is 18.4 Å². The summed E-state index contributed by atoms with van der Waals surface area (Å²) in [5, 5.41) is 0. The van der Waals surface area contributed by atoms with Crippen LogP contribution >= 0.6 is 0 Å². The van der Waals surface area contributed by atoms with Crippen LogP contribution in [0.15, 0.2) is 24.3 Å². The fourth-order valence-corrected chi connectivity index (χ4v) is 2.27. The van der Waals surface area contributed by atoms with E-state index in [9.17, 15) is 9.59 Å². The average molecular weight is 216 g/mol. The molecule has 2 heteroatoms. The summed E-state index contributed by atoms with van der Waals surface area (Å²) in [5.41, 5.74) is 1.95. The quantitative estimate of drug-likeness (QED) is 0.778. The molecule has 0 heterocycles. The van der Waals surface area contributed by atoms with Gasteiger partial charge in [-0.15, -0.1) is 0 Å². The van der Waals surface area contributed by atoms with E-state index in [1.165, 1.54) is 0 Å². The van der Waals surface area contributed by atoms with Gasteiger partial charge in [0.05, 0.1) is 0 Å². The minimum Gasteiger partial charge on any atom is -0.300 e. The molecule has 0 saturated heterocycles. The van der Waals surface area contributed by atoms with Gasteiger partial charge in [0.1, 0.15) is 5.78 Å². The molecular weight excluding hydrogens is 200 g/mol. The van der Waals surface area contributed by atoms with Crippen LogP contribution in [-0.4, -0.2) is 11.6 Å². The standard InChI is InChI=1S/C14H16O2/c1-2-12(15)9-11-8-7-10-5-3-4-6-13(10)14(11)16/h3-6,11H,2,7-9H2,1H3. The van der Waals surface area contributed by atoms with Gasteiger partial charge >= 0.3 is 0 Å². The maximum absolute atomic E-state index is 12.1. The Kier molecular flexibility index (Phi) is 3.18. The number of Topliss-reactive ketones (excluding diaryl/α,β-unsaturated/α-hetero) is 2. The lowest BCUT2D eigenvalue weighted by Crippen LogP contribution is -2.24. The largest absolute Gasteiger partial charge is 0.300 e. The minimum atomic E-state index is -0.0812. The number of aryl methyl sites for hydroxylation is 1. The number of carbonyl (C=O) groups is 2. The van der Waals surface area contributed by atoms with Crippen LogP contribution in [-0.2, 0) is 11.2 Å². The molecule has 0 aliphatic heterocycles. The summed E-state index contributed by atoms with van der Waals surface area (Å²) >= 11 is 0. The van der Waals surface area contributed by atoms with Crippen LogP contribution in [0.1, 0.15) is 42.1 Å². The van der Waals surface area contributed by atoms with Crippen LogP contribution in [0.4, 0.5) is 0 Å². The molecule has 0 saturated carbocycles. The zero-order valence-electron chi connectivity index (χ0n) is 9.53. The van der Waals surface area contributed by atoms with E-state index < -0.39 is 0 Å². The van der Waals surface area contributed by atoms with Crippen LogP contribution in [0.3, 0.4) is 0 Å². The van der Waals surface area contributed by atoms with E-state index in [1.807, 2.05) is 31.2 Å².